The third-order valence-corrected chi connectivity index (χ3v) is 8.04. The van der Waals surface area contributed by atoms with E-state index in [1.54, 1.807) is 60.8 Å². The number of aromatic amines is 1. The average molecular weight is 678 g/mol. The number of anilines is 1. The number of carbonyl (C=O) groups is 1. The van der Waals surface area contributed by atoms with Gasteiger partial charge in [-0.1, -0.05) is 60.7 Å². The average Bonchev–Trinajstić information content (AvgIpc) is 3.59. The molecule has 0 saturated heterocycles. The SMILES string of the molecule is O=C(Cc1c[nH]c2ccccc12)Nc1cccc(Cn2nc(CCc3cc(C(F)(F)F)cc(C(F)(F)F)c3)n(Cc3ccccc3)c2=O)c1. The molecule has 6 aromatic rings. The number of amides is 1. The van der Waals surface area contributed by atoms with Crippen LogP contribution in [0.5, 0.6) is 0 Å². The molecule has 0 fully saturated rings. The van der Waals surface area contributed by atoms with E-state index < -0.39 is 29.2 Å². The second-order valence-electron chi connectivity index (χ2n) is 11.6. The Bertz CT molecular complexity index is 2130. The monoisotopic (exact) mass is 677 g/mol. The van der Waals surface area contributed by atoms with Crippen molar-refractivity contribution in [3.8, 4) is 0 Å². The largest absolute Gasteiger partial charge is 0.416 e. The highest BCUT2D eigenvalue weighted by atomic mass is 19.4. The van der Waals surface area contributed by atoms with Crippen LogP contribution in [0.1, 0.15) is 39.2 Å². The first-order chi connectivity index (χ1) is 23.3. The van der Waals surface area contributed by atoms with Gasteiger partial charge >= 0.3 is 18.0 Å². The molecule has 13 heteroatoms. The molecule has 0 saturated carbocycles. The number of benzene rings is 4. The summed E-state index contributed by atoms with van der Waals surface area (Å²) in [6.07, 6.45) is -8.35. The number of halogens is 6. The molecule has 7 nitrogen and oxygen atoms in total. The Kier molecular flexibility index (Phi) is 9.18. The van der Waals surface area contributed by atoms with E-state index in [9.17, 15) is 35.9 Å². The summed E-state index contributed by atoms with van der Waals surface area (Å²) in [6.45, 7) is 0.0941. The molecular formula is C36H29F6N5O2. The van der Waals surface area contributed by atoms with Crippen molar-refractivity contribution in [1.82, 2.24) is 19.3 Å². The molecule has 1 amide bonds. The molecule has 252 valence electrons. The molecule has 0 aliphatic carbocycles. The Morgan fingerprint density at radius 1 is 0.735 bits per heavy atom. The molecule has 49 heavy (non-hydrogen) atoms. The van der Waals surface area contributed by atoms with Gasteiger partial charge in [0.15, 0.2) is 0 Å². The quantitative estimate of drug-likeness (QED) is 0.146. The number of rotatable bonds is 10. The summed E-state index contributed by atoms with van der Waals surface area (Å²) in [6, 6.07) is 24.9. The molecule has 0 aliphatic heterocycles. The van der Waals surface area contributed by atoms with Crippen LogP contribution in [0.3, 0.4) is 0 Å². The molecule has 0 atom stereocenters. The third kappa shape index (κ3) is 7.94. The van der Waals surface area contributed by atoms with Crippen LogP contribution in [0.2, 0.25) is 0 Å². The molecule has 2 N–H and O–H groups in total. The van der Waals surface area contributed by atoms with Gasteiger partial charge < -0.3 is 10.3 Å². The summed E-state index contributed by atoms with van der Waals surface area (Å²) in [4.78, 5) is 29.7. The van der Waals surface area contributed by atoms with Crippen LogP contribution in [0.4, 0.5) is 32.0 Å². The van der Waals surface area contributed by atoms with Crippen molar-refractivity contribution in [2.75, 3.05) is 5.32 Å². The van der Waals surface area contributed by atoms with E-state index in [1.807, 2.05) is 24.3 Å². The van der Waals surface area contributed by atoms with Crippen LogP contribution in [-0.4, -0.2) is 25.2 Å². The van der Waals surface area contributed by atoms with Crippen LogP contribution < -0.4 is 11.0 Å². The van der Waals surface area contributed by atoms with Gasteiger partial charge in [-0.3, -0.25) is 9.36 Å². The van der Waals surface area contributed by atoms with Gasteiger partial charge in [0.25, 0.3) is 0 Å². The van der Waals surface area contributed by atoms with Crippen molar-refractivity contribution in [2.24, 2.45) is 0 Å². The number of para-hydroxylation sites is 1. The summed E-state index contributed by atoms with van der Waals surface area (Å²) in [5, 5.41) is 8.28. The van der Waals surface area contributed by atoms with E-state index in [1.165, 1.54) is 9.25 Å². The lowest BCUT2D eigenvalue weighted by Gasteiger charge is -2.14. The zero-order valence-corrected chi connectivity index (χ0v) is 25.8. The summed E-state index contributed by atoms with van der Waals surface area (Å²) in [5.74, 6) is -0.0419. The molecule has 6 rings (SSSR count). The number of carbonyl (C=O) groups excluding carboxylic acids is 1. The number of aromatic nitrogens is 4. The van der Waals surface area contributed by atoms with Crippen molar-refractivity contribution in [3.05, 3.63) is 153 Å². The minimum atomic E-state index is -4.97. The molecule has 0 aliphatic rings. The summed E-state index contributed by atoms with van der Waals surface area (Å²) in [7, 11) is 0. The summed E-state index contributed by atoms with van der Waals surface area (Å²) in [5.41, 5.74) is 0.149. The molecule has 0 bridgehead atoms. The number of aryl methyl sites for hydroxylation is 2. The maximum atomic E-state index is 13.6. The Morgan fingerprint density at radius 2 is 1.41 bits per heavy atom. The normalized spacial score (nSPS) is 12.0. The third-order valence-electron chi connectivity index (χ3n) is 8.04. The van der Waals surface area contributed by atoms with Crippen molar-refractivity contribution in [3.63, 3.8) is 0 Å². The second-order valence-corrected chi connectivity index (χ2v) is 11.6. The van der Waals surface area contributed by atoms with Gasteiger partial charge in [0, 0.05) is 29.2 Å². The maximum Gasteiger partial charge on any atom is 0.416 e. The lowest BCUT2D eigenvalue weighted by atomic mass is 10.0. The first-order valence-corrected chi connectivity index (χ1v) is 15.3. The van der Waals surface area contributed by atoms with Gasteiger partial charge in [-0.05, 0) is 65.1 Å². The topological polar surface area (TPSA) is 84.7 Å². The highest BCUT2D eigenvalue weighted by Crippen LogP contribution is 2.36. The highest BCUT2D eigenvalue weighted by Gasteiger charge is 2.37. The number of nitrogens with zero attached hydrogens (tertiary/aromatic N) is 3. The molecule has 0 radical (unpaired) electrons. The van der Waals surface area contributed by atoms with Crippen molar-refractivity contribution < 1.29 is 31.1 Å². The fraction of sp³-hybridized carbons (Fsp3) is 0.194. The number of hydrogen-bond acceptors (Lipinski definition) is 3. The van der Waals surface area contributed by atoms with E-state index in [0.29, 0.717) is 23.4 Å². The Hall–Kier alpha value is -5.59. The zero-order valence-electron chi connectivity index (χ0n) is 25.8. The number of fused-ring (bicyclic) bond motifs is 1. The number of nitrogens with one attached hydrogen (secondary N) is 2. The lowest BCUT2D eigenvalue weighted by molar-refractivity contribution is -0.143. The fourth-order valence-corrected chi connectivity index (χ4v) is 5.69. The van der Waals surface area contributed by atoms with Gasteiger partial charge in [-0.2, -0.15) is 31.4 Å². The van der Waals surface area contributed by atoms with Crippen LogP contribution in [0, 0.1) is 0 Å². The van der Waals surface area contributed by atoms with E-state index in [0.717, 1.165) is 22.0 Å². The second kappa shape index (κ2) is 13.5. The fourth-order valence-electron chi connectivity index (χ4n) is 5.69. The maximum absolute atomic E-state index is 13.6. The molecule has 2 heterocycles. The first-order valence-electron chi connectivity index (χ1n) is 15.3. The summed E-state index contributed by atoms with van der Waals surface area (Å²) < 4.78 is 83.3. The molecular weight excluding hydrogens is 648 g/mol. The van der Waals surface area contributed by atoms with Crippen LogP contribution >= 0.6 is 0 Å². The van der Waals surface area contributed by atoms with Crippen molar-refractivity contribution in [1.29, 1.82) is 0 Å². The minimum absolute atomic E-state index is 0.00155. The van der Waals surface area contributed by atoms with Gasteiger partial charge in [-0.15, -0.1) is 0 Å². The van der Waals surface area contributed by atoms with Gasteiger partial charge in [0.2, 0.25) is 5.91 Å². The number of alkyl halides is 6. The Morgan fingerprint density at radius 3 is 2.12 bits per heavy atom. The standard InChI is InChI=1S/C36H29F6N5O2/c37-35(38,39)27-15-24(16-28(19-27)36(40,41)42)13-14-32-45-47(34(49)46(32)21-23-7-2-1-3-8-23)22-25-9-6-10-29(17-25)44-33(48)18-26-20-43-31-12-5-4-11-30(26)31/h1-12,15-17,19-20,43H,13-14,18,21-22H2,(H,44,48). The zero-order chi connectivity index (χ0) is 34.8. The highest BCUT2D eigenvalue weighted by molar-refractivity contribution is 5.95. The van der Waals surface area contributed by atoms with Gasteiger partial charge in [0.05, 0.1) is 30.6 Å². The molecule has 0 spiro atoms. The molecule has 2 aromatic heterocycles. The van der Waals surface area contributed by atoms with Crippen molar-refractivity contribution >= 4 is 22.5 Å². The predicted octanol–water partition coefficient (Wildman–Crippen LogP) is 7.63. The van der Waals surface area contributed by atoms with Gasteiger partial charge in [-0.25, -0.2) is 9.48 Å². The van der Waals surface area contributed by atoms with Crippen LogP contribution in [-0.2, 0) is 49.5 Å². The molecule has 4 aromatic carbocycles. The van der Waals surface area contributed by atoms with Crippen LogP contribution in [0.25, 0.3) is 10.9 Å². The first kappa shape index (κ1) is 33.3. The minimum Gasteiger partial charge on any atom is -0.361 e. The van der Waals surface area contributed by atoms with Gasteiger partial charge in [0.1, 0.15) is 5.82 Å². The van der Waals surface area contributed by atoms with E-state index in [4.69, 9.17) is 0 Å². The van der Waals surface area contributed by atoms with E-state index >= 15 is 0 Å². The smallest absolute Gasteiger partial charge is 0.361 e. The Balaban J connectivity index is 1.24. The van der Waals surface area contributed by atoms with Crippen LogP contribution in [0.15, 0.2) is 108 Å². The number of H-pyrrole nitrogens is 1. The number of hydrogen-bond donors (Lipinski definition) is 2. The van der Waals surface area contributed by atoms with Crippen molar-refractivity contribution in [2.45, 2.75) is 44.7 Å². The van der Waals surface area contributed by atoms with E-state index in [-0.39, 0.29) is 55.7 Å². The summed E-state index contributed by atoms with van der Waals surface area (Å²) >= 11 is 0. The lowest BCUT2D eigenvalue weighted by Crippen LogP contribution is -2.26. The van der Waals surface area contributed by atoms with E-state index in [2.05, 4.69) is 15.4 Å². The Labute approximate surface area is 275 Å². The molecule has 0 unspecified atom stereocenters. The predicted molar refractivity (Wildman–Crippen MR) is 172 cm³/mol.